The lowest BCUT2D eigenvalue weighted by Crippen LogP contribution is -2.39. The fraction of sp³-hybridized carbons (Fsp3) is 0.462. The van der Waals surface area contributed by atoms with Crippen LogP contribution in [-0.2, 0) is 4.79 Å². The maximum atomic E-state index is 12.1. The fourth-order valence-electron chi connectivity index (χ4n) is 2.14. The van der Waals surface area contributed by atoms with E-state index in [4.69, 9.17) is 5.11 Å². The molecule has 0 aliphatic carbocycles. The molecule has 0 aromatic carbocycles. The number of carboxylic acids is 1. The third kappa shape index (κ3) is 3.21. The van der Waals surface area contributed by atoms with Crippen LogP contribution >= 0.6 is 0 Å². The van der Waals surface area contributed by atoms with Gasteiger partial charge < -0.3 is 15.3 Å². The Kier molecular flexibility index (Phi) is 3.99. The SMILES string of the molecule is CC(Nc1cc(C(=O)O)ccn1)C(=O)N1CCCC1. The molecule has 0 saturated carbocycles. The number of carbonyl (C=O) groups is 2. The van der Waals surface area contributed by atoms with Gasteiger partial charge in [-0.05, 0) is 31.9 Å². The predicted octanol–water partition coefficient (Wildman–Crippen LogP) is 1.20. The second kappa shape index (κ2) is 5.69. The smallest absolute Gasteiger partial charge is 0.335 e. The summed E-state index contributed by atoms with van der Waals surface area (Å²) in [7, 11) is 0. The van der Waals surface area contributed by atoms with Crippen molar-refractivity contribution in [3.05, 3.63) is 23.9 Å². The lowest BCUT2D eigenvalue weighted by molar-refractivity contribution is -0.130. The van der Waals surface area contributed by atoms with Gasteiger partial charge in [0.05, 0.1) is 5.56 Å². The lowest BCUT2D eigenvalue weighted by Gasteiger charge is -2.21. The van der Waals surface area contributed by atoms with Crippen molar-refractivity contribution in [3.63, 3.8) is 0 Å². The standard InChI is InChI=1S/C13H17N3O3/c1-9(12(17)16-6-2-3-7-16)15-11-8-10(13(18)19)4-5-14-11/h4-5,8-9H,2-3,6-7H2,1H3,(H,14,15)(H,18,19). The molecule has 0 bridgehead atoms. The van der Waals surface area contributed by atoms with Gasteiger partial charge in [0, 0.05) is 19.3 Å². The summed E-state index contributed by atoms with van der Waals surface area (Å²) in [6.07, 6.45) is 3.51. The first-order chi connectivity index (χ1) is 9.08. The van der Waals surface area contributed by atoms with Gasteiger partial charge in [-0.25, -0.2) is 9.78 Å². The highest BCUT2D eigenvalue weighted by Gasteiger charge is 2.23. The average Bonchev–Trinajstić information content (AvgIpc) is 2.92. The van der Waals surface area contributed by atoms with Gasteiger partial charge in [0.2, 0.25) is 5.91 Å². The topological polar surface area (TPSA) is 82.5 Å². The minimum absolute atomic E-state index is 0.0278. The molecule has 1 unspecified atom stereocenters. The molecule has 0 radical (unpaired) electrons. The van der Waals surface area contributed by atoms with Crippen LogP contribution in [0.1, 0.15) is 30.1 Å². The quantitative estimate of drug-likeness (QED) is 0.853. The number of carboxylic acid groups (broad SMARTS) is 1. The number of aromatic carboxylic acids is 1. The first kappa shape index (κ1) is 13.3. The van der Waals surface area contributed by atoms with E-state index in [1.54, 1.807) is 6.92 Å². The zero-order valence-corrected chi connectivity index (χ0v) is 10.8. The van der Waals surface area contributed by atoms with Crippen molar-refractivity contribution >= 4 is 17.7 Å². The number of hydrogen-bond acceptors (Lipinski definition) is 4. The molecular weight excluding hydrogens is 246 g/mol. The van der Waals surface area contributed by atoms with Gasteiger partial charge >= 0.3 is 5.97 Å². The highest BCUT2D eigenvalue weighted by Crippen LogP contribution is 2.12. The highest BCUT2D eigenvalue weighted by molar-refractivity contribution is 5.89. The van der Waals surface area contributed by atoms with Crippen LogP contribution in [0.3, 0.4) is 0 Å². The van der Waals surface area contributed by atoms with Crippen molar-refractivity contribution in [2.75, 3.05) is 18.4 Å². The normalized spacial score (nSPS) is 16.2. The summed E-state index contributed by atoms with van der Waals surface area (Å²) in [5, 5.41) is 11.8. The van der Waals surface area contributed by atoms with Crippen LogP contribution in [0.25, 0.3) is 0 Å². The van der Waals surface area contributed by atoms with Crippen molar-refractivity contribution in [3.8, 4) is 0 Å². The van der Waals surface area contributed by atoms with Crippen molar-refractivity contribution in [2.45, 2.75) is 25.8 Å². The molecule has 1 aromatic rings. The van der Waals surface area contributed by atoms with Crippen LogP contribution in [0.2, 0.25) is 0 Å². The fourth-order valence-corrected chi connectivity index (χ4v) is 2.14. The number of aromatic nitrogens is 1. The van der Waals surface area contributed by atoms with E-state index in [2.05, 4.69) is 10.3 Å². The van der Waals surface area contributed by atoms with E-state index in [1.807, 2.05) is 4.90 Å². The Morgan fingerprint density at radius 3 is 2.74 bits per heavy atom. The van der Waals surface area contributed by atoms with Gasteiger partial charge in [0.1, 0.15) is 11.9 Å². The van der Waals surface area contributed by atoms with Crippen molar-refractivity contribution in [1.82, 2.24) is 9.88 Å². The van der Waals surface area contributed by atoms with Gasteiger partial charge in [-0.1, -0.05) is 0 Å². The number of anilines is 1. The van der Waals surface area contributed by atoms with E-state index in [9.17, 15) is 9.59 Å². The van der Waals surface area contributed by atoms with Crippen molar-refractivity contribution in [2.24, 2.45) is 0 Å². The first-order valence-electron chi connectivity index (χ1n) is 6.32. The number of nitrogens with one attached hydrogen (secondary N) is 1. The summed E-state index contributed by atoms with van der Waals surface area (Å²) in [6, 6.07) is 2.44. The summed E-state index contributed by atoms with van der Waals surface area (Å²) in [5.74, 6) is -0.580. The zero-order chi connectivity index (χ0) is 13.8. The molecule has 1 aliphatic rings. The monoisotopic (exact) mass is 263 g/mol. The number of hydrogen-bond donors (Lipinski definition) is 2. The Morgan fingerprint density at radius 1 is 1.42 bits per heavy atom. The lowest BCUT2D eigenvalue weighted by atomic mass is 10.2. The molecule has 1 aromatic heterocycles. The Morgan fingerprint density at radius 2 is 2.11 bits per heavy atom. The molecule has 2 heterocycles. The van der Waals surface area contributed by atoms with Gasteiger partial charge in [0.25, 0.3) is 0 Å². The third-order valence-corrected chi connectivity index (χ3v) is 3.16. The molecule has 2 rings (SSSR count). The molecule has 19 heavy (non-hydrogen) atoms. The number of amides is 1. The van der Waals surface area contributed by atoms with Gasteiger partial charge in [-0.15, -0.1) is 0 Å². The van der Waals surface area contributed by atoms with Crippen LogP contribution in [0.4, 0.5) is 5.82 Å². The Bertz CT molecular complexity index is 484. The summed E-state index contributed by atoms with van der Waals surface area (Å²) in [4.78, 5) is 28.8. The van der Waals surface area contributed by atoms with E-state index in [-0.39, 0.29) is 11.5 Å². The van der Waals surface area contributed by atoms with Crippen molar-refractivity contribution < 1.29 is 14.7 Å². The average molecular weight is 263 g/mol. The molecule has 0 spiro atoms. The number of likely N-dealkylation sites (tertiary alicyclic amines) is 1. The zero-order valence-electron chi connectivity index (χ0n) is 10.8. The molecule has 6 nitrogen and oxygen atoms in total. The van der Waals surface area contributed by atoms with Crippen LogP contribution in [0.5, 0.6) is 0 Å². The highest BCUT2D eigenvalue weighted by atomic mass is 16.4. The van der Waals surface area contributed by atoms with Crippen LogP contribution in [-0.4, -0.2) is 46.0 Å². The minimum atomic E-state index is -1.01. The predicted molar refractivity (Wildman–Crippen MR) is 70.1 cm³/mol. The second-order valence-electron chi connectivity index (χ2n) is 4.63. The van der Waals surface area contributed by atoms with E-state index in [0.29, 0.717) is 5.82 Å². The number of rotatable bonds is 4. The van der Waals surface area contributed by atoms with Crippen molar-refractivity contribution in [1.29, 1.82) is 0 Å². The molecule has 1 saturated heterocycles. The maximum absolute atomic E-state index is 12.1. The van der Waals surface area contributed by atoms with Gasteiger partial charge in [-0.3, -0.25) is 4.79 Å². The molecule has 6 heteroatoms. The number of nitrogens with zero attached hydrogens (tertiary/aromatic N) is 2. The Balaban J connectivity index is 2.01. The van der Waals surface area contributed by atoms with Gasteiger partial charge in [0.15, 0.2) is 0 Å². The summed E-state index contributed by atoms with van der Waals surface area (Å²) in [6.45, 7) is 3.36. The molecule has 2 N–H and O–H groups in total. The van der Waals surface area contributed by atoms with E-state index >= 15 is 0 Å². The Hall–Kier alpha value is -2.11. The van der Waals surface area contributed by atoms with Gasteiger partial charge in [-0.2, -0.15) is 0 Å². The van der Waals surface area contributed by atoms with E-state index in [0.717, 1.165) is 25.9 Å². The third-order valence-electron chi connectivity index (χ3n) is 3.16. The summed E-state index contributed by atoms with van der Waals surface area (Å²) >= 11 is 0. The van der Waals surface area contributed by atoms with E-state index < -0.39 is 12.0 Å². The largest absolute Gasteiger partial charge is 0.478 e. The van der Waals surface area contributed by atoms with E-state index in [1.165, 1.54) is 18.3 Å². The molecule has 1 fully saturated rings. The molecule has 1 aliphatic heterocycles. The maximum Gasteiger partial charge on any atom is 0.335 e. The van der Waals surface area contributed by atoms with Crippen LogP contribution in [0.15, 0.2) is 18.3 Å². The summed E-state index contributed by atoms with van der Waals surface area (Å²) in [5.41, 5.74) is 0.151. The number of pyridine rings is 1. The minimum Gasteiger partial charge on any atom is -0.478 e. The Labute approximate surface area is 111 Å². The van der Waals surface area contributed by atoms with Crippen LogP contribution in [0, 0.1) is 0 Å². The van der Waals surface area contributed by atoms with Crippen LogP contribution < -0.4 is 5.32 Å². The molecule has 1 atom stereocenters. The second-order valence-corrected chi connectivity index (χ2v) is 4.63. The summed E-state index contributed by atoms with van der Waals surface area (Å²) < 4.78 is 0. The first-order valence-corrected chi connectivity index (χ1v) is 6.32. The molecule has 1 amide bonds. The molecule has 102 valence electrons. The number of carbonyl (C=O) groups excluding carboxylic acids is 1. The molecular formula is C13H17N3O3.